The molecule has 2 rings (SSSR count). The largest absolute Gasteiger partial charge is 0.394 e. The third kappa shape index (κ3) is 2.15. The van der Waals surface area contributed by atoms with Gasteiger partial charge in [0, 0.05) is 18.5 Å². The number of aliphatic hydroxyl groups is 3. The highest BCUT2D eigenvalue weighted by Crippen LogP contribution is 2.27. The van der Waals surface area contributed by atoms with Gasteiger partial charge in [0.25, 0.3) is 5.56 Å². The summed E-state index contributed by atoms with van der Waals surface area (Å²) in [5.74, 6) is 0. The Bertz CT molecular complexity index is 592. The number of rotatable bonds is 3. The van der Waals surface area contributed by atoms with Crippen LogP contribution in [0.5, 0.6) is 0 Å². The fraction of sp³-hybridized carbons (Fsp3) is 0.455. The molecule has 3 N–H and O–H groups in total. The van der Waals surface area contributed by atoms with E-state index in [4.69, 9.17) is 9.84 Å². The number of aliphatic hydroxyl groups excluding tert-OH is 3. The molecule has 2 heterocycles. The van der Waals surface area contributed by atoms with Crippen molar-refractivity contribution >= 4 is 6.20 Å². The van der Waals surface area contributed by atoms with E-state index in [9.17, 15) is 19.8 Å². The molecule has 1 aromatic rings. The molecular formula is C11H14N2O6. The molecule has 0 aromatic carbocycles. The maximum Gasteiger partial charge on any atom is 0.337 e. The molecule has 1 saturated heterocycles. The van der Waals surface area contributed by atoms with Crippen LogP contribution in [0.1, 0.15) is 6.23 Å². The molecule has 1 fully saturated rings. The topological polar surface area (TPSA) is 114 Å². The van der Waals surface area contributed by atoms with Crippen LogP contribution in [0.2, 0.25) is 0 Å². The molecule has 1 aliphatic heterocycles. The Morgan fingerprint density at radius 2 is 2.05 bits per heavy atom. The van der Waals surface area contributed by atoms with E-state index in [1.54, 1.807) is 0 Å². The summed E-state index contributed by atoms with van der Waals surface area (Å²) in [6.45, 7) is 2.85. The van der Waals surface area contributed by atoms with Gasteiger partial charge in [0.2, 0.25) is 0 Å². The van der Waals surface area contributed by atoms with Gasteiger partial charge in [-0.1, -0.05) is 6.58 Å². The van der Waals surface area contributed by atoms with Crippen molar-refractivity contribution in [2.24, 2.45) is 0 Å². The van der Waals surface area contributed by atoms with Gasteiger partial charge in [-0.3, -0.25) is 9.36 Å². The van der Waals surface area contributed by atoms with E-state index in [1.165, 1.54) is 0 Å². The summed E-state index contributed by atoms with van der Waals surface area (Å²) in [7, 11) is 0. The smallest absolute Gasteiger partial charge is 0.337 e. The molecule has 0 aliphatic carbocycles. The van der Waals surface area contributed by atoms with Gasteiger partial charge in [-0.25, -0.2) is 9.36 Å². The zero-order valence-corrected chi connectivity index (χ0v) is 9.92. The summed E-state index contributed by atoms with van der Waals surface area (Å²) in [4.78, 5) is 23.4. The van der Waals surface area contributed by atoms with Crippen molar-refractivity contribution in [2.75, 3.05) is 6.61 Å². The second-order valence-corrected chi connectivity index (χ2v) is 4.13. The molecule has 4 atom stereocenters. The van der Waals surface area contributed by atoms with Gasteiger partial charge in [0.15, 0.2) is 6.23 Å². The number of nitrogens with zero attached hydrogens (tertiary/aromatic N) is 2. The Hall–Kier alpha value is -1.74. The molecule has 0 bridgehead atoms. The minimum Gasteiger partial charge on any atom is -0.394 e. The Balaban J connectivity index is 2.47. The standard InChI is InChI=1S/C11H14N2O6/c1-2-12-7(15)3-4-13(11(12)18)10-9(17)8(16)6(5-14)19-10/h2-4,6,8-10,14,16-17H,1,5H2/t6-,8-,9+,10?/m1/s1. The molecule has 104 valence electrons. The third-order valence-corrected chi connectivity index (χ3v) is 3.02. The quantitative estimate of drug-likeness (QED) is 0.570. The maximum atomic E-state index is 12.0. The molecule has 19 heavy (non-hydrogen) atoms. The first-order chi connectivity index (χ1) is 9.01. The van der Waals surface area contributed by atoms with Gasteiger partial charge in [-0.2, -0.15) is 0 Å². The first kappa shape index (κ1) is 13.7. The van der Waals surface area contributed by atoms with Gasteiger partial charge >= 0.3 is 5.69 Å². The molecule has 1 aliphatic rings. The van der Waals surface area contributed by atoms with Gasteiger partial charge in [-0.05, 0) is 0 Å². The van der Waals surface area contributed by atoms with Crippen LogP contribution in [0.15, 0.2) is 28.4 Å². The minimum atomic E-state index is -1.38. The van der Waals surface area contributed by atoms with Crippen LogP contribution in [0.4, 0.5) is 0 Å². The van der Waals surface area contributed by atoms with Crippen LogP contribution in [-0.4, -0.2) is 49.4 Å². The van der Waals surface area contributed by atoms with Gasteiger partial charge in [0.05, 0.1) is 6.61 Å². The SMILES string of the molecule is C=Cn1c(=O)ccn(C2O[C@H](CO)[C@@H](O)[C@@H]2O)c1=O. The monoisotopic (exact) mass is 270 g/mol. The van der Waals surface area contributed by atoms with Crippen LogP contribution in [0.25, 0.3) is 6.20 Å². The van der Waals surface area contributed by atoms with Gasteiger partial charge < -0.3 is 20.1 Å². The molecular weight excluding hydrogens is 256 g/mol. The van der Waals surface area contributed by atoms with Gasteiger partial charge in [-0.15, -0.1) is 0 Å². The number of aromatic nitrogens is 2. The number of ether oxygens (including phenoxy) is 1. The number of hydrogen-bond donors (Lipinski definition) is 3. The van der Waals surface area contributed by atoms with Crippen LogP contribution in [0, 0.1) is 0 Å². The first-order valence-electron chi connectivity index (χ1n) is 5.60. The molecule has 0 radical (unpaired) electrons. The van der Waals surface area contributed by atoms with E-state index >= 15 is 0 Å². The van der Waals surface area contributed by atoms with Crippen LogP contribution in [0.3, 0.4) is 0 Å². The van der Waals surface area contributed by atoms with Crippen molar-refractivity contribution < 1.29 is 20.1 Å². The summed E-state index contributed by atoms with van der Waals surface area (Å²) in [6, 6.07) is 1.11. The Kier molecular flexibility index (Phi) is 3.67. The molecule has 0 spiro atoms. The summed E-state index contributed by atoms with van der Waals surface area (Å²) in [5, 5.41) is 28.4. The summed E-state index contributed by atoms with van der Waals surface area (Å²) >= 11 is 0. The van der Waals surface area contributed by atoms with Crippen molar-refractivity contribution in [2.45, 2.75) is 24.5 Å². The van der Waals surface area contributed by atoms with Crippen LogP contribution >= 0.6 is 0 Å². The lowest BCUT2D eigenvalue weighted by molar-refractivity contribution is -0.0552. The Labute approximate surface area is 107 Å². The highest BCUT2D eigenvalue weighted by atomic mass is 16.6. The summed E-state index contributed by atoms with van der Waals surface area (Å²) < 4.78 is 6.91. The zero-order valence-electron chi connectivity index (χ0n) is 9.92. The van der Waals surface area contributed by atoms with Crippen molar-refractivity contribution in [1.82, 2.24) is 9.13 Å². The van der Waals surface area contributed by atoms with Gasteiger partial charge in [0.1, 0.15) is 18.3 Å². The predicted octanol–water partition coefficient (Wildman–Crippen LogP) is -2.28. The highest BCUT2D eigenvalue weighted by Gasteiger charge is 2.43. The average Bonchev–Trinajstić information content (AvgIpc) is 2.67. The maximum absolute atomic E-state index is 12.0. The second-order valence-electron chi connectivity index (χ2n) is 4.13. The zero-order chi connectivity index (χ0) is 14.2. The minimum absolute atomic E-state index is 0.495. The van der Waals surface area contributed by atoms with Crippen LogP contribution < -0.4 is 11.2 Å². The fourth-order valence-electron chi connectivity index (χ4n) is 1.98. The first-order valence-corrected chi connectivity index (χ1v) is 5.60. The Morgan fingerprint density at radius 3 is 2.58 bits per heavy atom. The van der Waals surface area contributed by atoms with E-state index in [1.807, 2.05) is 0 Å². The van der Waals surface area contributed by atoms with E-state index in [0.717, 1.165) is 27.6 Å². The summed E-state index contributed by atoms with van der Waals surface area (Å²) in [6.07, 6.45) is -2.66. The molecule has 0 saturated carbocycles. The lowest BCUT2D eigenvalue weighted by Crippen LogP contribution is -2.41. The predicted molar refractivity (Wildman–Crippen MR) is 64.4 cm³/mol. The van der Waals surface area contributed by atoms with Crippen molar-refractivity contribution in [3.8, 4) is 0 Å². The normalized spacial score (nSPS) is 30.5. The van der Waals surface area contributed by atoms with Crippen LogP contribution in [-0.2, 0) is 4.74 Å². The average molecular weight is 270 g/mol. The lowest BCUT2D eigenvalue weighted by atomic mass is 10.1. The summed E-state index contributed by atoms with van der Waals surface area (Å²) in [5.41, 5.74) is -1.32. The van der Waals surface area contributed by atoms with E-state index in [-0.39, 0.29) is 0 Å². The third-order valence-electron chi connectivity index (χ3n) is 3.02. The van der Waals surface area contributed by atoms with Crippen molar-refractivity contribution in [3.05, 3.63) is 39.7 Å². The molecule has 1 unspecified atom stereocenters. The molecule has 8 nitrogen and oxygen atoms in total. The van der Waals surface area contributed by atoms with E-state index in [2.05, 4.69) is 6.58 Å². The highest BCUT2D eigenvalue weighted by molar-refractivity contribution is 5.15. The molecule has 8 heteroatoms. The van der Waals surface area contributed by atoms with Crippen molar-refractivity contribution in [3.63, 3.8) is 0 Å². The van der Waals surface area contributed by atoms with E-state index < -0.39 is 42.4 Å². The van der Waals surface area contributed by atoms with E-state index in [0.29, 0.717) is 0 Å². The lowest BCUT2D eigenvalue weighted by Gasteiger charge is -2.17. The van der Waals surface area contributed by atoms with Crippen molar-refractivity contribution in [1.29, 1.82) is 0 Å². The molecule has 0 amide bonds. The fourth-order valence-corrected chi connectivity index (χ4v) is 1.98. The second kappa shape index (κ2) is 5.10. The number of hydrogen-bond acceptors (Lipinski definition) is 6. The Morgan fingerprint density at radius 1 is 1.37 bits per heavy atom. The molecule has 1 aromatic heterocycles.